The van der Waals surface area contributed by atoms with Gasteiger partial charge >= 0.3 is 0 Å². The maximum atomic E-state index is 8.50. The van der Waals surface area contributed by atoms with Crippen LogP contribution in [-0.2, 0) is 61.5 Å². The molecule has 0 aliphatic rings. The van der Waals surface area contributed by atoms with Crippen LogP contribution in [0, 0.1) is 11.8 Å². The van der Waals surface area contributed by atoms with E-state index in [1.54, 1.807) is 6.07 Å². The van der Waals surface area contributed by atoms with Crippen molar-refractivity contribution in [2.24, 2.45) is 11.8 Å². The minimum Gasteiger partial charge on any atom is -0.0625 e. The third-order valence-corrected chi connectivity index (χ3v) is 20.4. The molecular formula is C119H164. The first-order valence-corrected chi connectivity index (χ1v) is 43.3. The van der Waals surface area contributed by atoms with Crippen molar-refractivity contribution in [2.45, 2.75) is 335 Å². The van der Waals surface area contributed by atoms with Crippen molar-refractivity contribution in [3.63, 3.8) is 0 Å². The summed E-state index contributed by atoms with van der Waals surface area (Å²) in [5.74, 6) is -2.31. The Morgan fingerprint density at radius 2 is 0.521 bits per heavy atom. The van der Waals surface area contributed by atoms with E-state index in [0.29, 0.717) is 23.6 Å². The van der Waals surface area contributed by atoms with Gasteiger partial charge in [0.05, 0.1) is 6.85 Å². The van der Waals surface area contributed by atoms with Crippen LogP contribution in [0.1, 0.15) is 371 Å². The molecule has 640 valence electrons. The number of hydrogen-bond acceptors (Lipinski definition) is 0. The summed E-state index contributed by atoms with van der Waals surface area (Å²) in [6, 6.07) is 79.6. The molecular weight excluding hydrogens is 1430 g/mol. The number of benzene rings is 11. The van der Waals surface area contributed by atoms with E-state index < -0.39 is 30.4 Å². The second kappa shape index (κ2) is 43.3. The summed E-state index contributed by atoms with van der Waals surface area (Å²) in [4.78, 5) is 0. The van der Waals surface area contributed by atoms with Crippen LogP contribution in [-0.4, -0.2) is 0 Å². The van der Waals surface area contributed by atoms with Gasteiger partial charge < -0.3 is 0 Å². The van der Waals surface area contributed by atoms with Crippen molar-refractivity contribution in [1.29, 1.82) is 0 Å². The van der Waals surface area contributed by atoms with Gasteiger partial charge in [-0.3, -0.25) is 0 Å². The van der Waals surface area contributed by atoms with Crippen LogP contribution < -0.4 is 0 Å². The molecule has 0 saturated carbocycles. The van der Waals surface area contributed by atoms with Crippen LogP contribution in [0.3, 0.4) is 0 Å². The molecule has 0 fully saturated rings. The highest BCUT2D eigenvalue weighted by Gasteiger charge is 2.31. The van der Waals surface area contributed by atoms with Crippen molar-refractivity contribution < 1.29 is 19.2 Å². The van der Waals surface area contributed by atoms with E-state index in [1.165, 1.54) is 61.2 Å². The summed E-state index contributed by atoms with van der Waals surface area (Å²) >= 11 is 0. The summed E-state index contributed by atoms with van der Waals surface area (Å²) in [7, 11) is 0. The van der Waals surface area contributed by atoms with Crippen molar-refractivity contribution in [2.75, 3.05) is 0 Å². The molecule has 11 aromatic rings. The van der Waals surface area contributed by atoms with E-state index in [4.69, 9.17) is 19.2 Å². The molecule has 119 heavy (non-hydrogen) atoms. The van der Waals surface area contributed by atoms with Crippen LogP contribution in [0.25, 0.3) is 44.5 Å². The molecule has 0 aliphatic heterocycles. The minimum atomic E-state index is -1.48. The van der Waals surface area contributed by atoms with Crippen LogP contribution >= 0.6 is 0 Å². The zero-order chi connectivity index (χ0) is 102. The Labute approximate surface area is 751 Å². The van der Waals surface area contributed by atoms with E-state index in [2.05, 4.69) is 314 Å². The Morgan fingerprint density at radius 3 is 0.849 bits per heavy atom. The smallest absolute Gasteiger partial charge is 0.0625 e. The van der Waals surface area contributed by atoms with Gasteiger partial charge in [-0.1, -0.05) is 523 Å². The maximum absolute atomic E-state index is 8.50. The summed E-state index contributed by atoms with van der Waals surface area (Å²) in [5.41, 5.74) is 23.9. The lowest BCUT2D eigenvalue weighted by atomic mass is 9.71. The van der Waals surface area contributed by atoms with Gasteiger partial charge in [-0.25, -0.2) is 0 Å². The topological polar surface area (TPSA) is 0 Å². The average molecular weight is 1610 g/mol. The molecule has 0 spiro atoms. The van der Waals surface area contributed by atoms with Gasteiger partial charge in [-0.2, -0.15) is 0 Å². The van der Waals surface area contributed by atoms with Gasteiger partial charge in [0, 0.05) is 12.3 Å². The molecule has 11 rings (SSSR count). The summed E-state index contributed by atoms with van der Waals surface area (Å²) < 4.78 is 114. The van der Waals surface area contributed by atoms with E-state index in [0.717, 1.165) is 38.9 Å². The minimum absolute atomic E-state index is 0.0425. The van der Waals surface area contributed by atoms with Gasteiger partial charge in [0.1, 0.15) is 0 Å². The van der Waals surface area contributed by atoms with E-state index >= 15 is 0 Å². The van der Waals surface area contributed by atoms with E-state index in [1.807, 2.05) is 158 Å². The first-order chi connectivity index (χ1) is 60.6. The highest BCUT2D eigenvalue weighted by Crippen LogP contribution is 2.44. The Morgan fingerprint density at radius 1 is 0.244 bits per heavy atom. The second-order valence-electron chi connectivity index (χ2n) is 41.9. The van der Waals surface area contributed by atoms with Crippen LogP contribution in [0.15, 0.2) is 267 Å². The largest absolute Gasteiger partial charge is 0.0629 e. The average Bonchev–Trinajstić information content (AvgIpc) is 0.756. The standard InChI is InChI=1S/C22H22.C18H30.2C17H28.2C16H18.C13H20/c1-22(2,3)21-19(17-11-6-4-7-12-17)15-10-16-20(21)18-13-8-5-9-14-18;1-13(2)11-15-9-8-10-16(12-14(3)4)17(15)18(5,6)7;2*1-12(2)13-10-9-11-14(16(3,4)5)15(13)17(6,7)8;2*1-16(2,3)15-12-8-7-11-14(15)13-9-5-4-6-10-13;1-10(2)11-8-6-7-9-12(11)13(3,4)5/h4-16H,1-3H3;8-10,13-14H,11-12H2,1-7H3;2*9-12H,1-8H3;2*4-12H,1-3H3;6-10H,1-5H3/i;11D2,12D2;1D,3D,12D;12D;4D,5D,6D,9D,10D;;10D. The highest BCUT2D eigenvalue weighted by atomic mass is 14.4. The molecule has 0 heterocycles. The Bertz CT molecular complexity index is 5340. The molecule has 0 bridgehead atoms. The molecule has 1 unspecified atom stereocenters. The third-order valence-electron chi connectivity index (χ3n) is 20.4. The van der Waals surface area contributed by atoms with Crippen LogP contribution in [0.4, 0.5) is 0 Å². The lowest BCUT2D eigenvalue weighted by Gasteiger charge is -2.33. The second-order valence-corrected chi connectivity index (χ2v) is 41.9. The molecule has 0 N–H and O–H groups in total. The fourth-order valence-corrected chi connectivity index (χ4v) is 15.3. The molecule has 0 heteroatoms. The molecule has 0 saturated heterocycles. The maximum Gasteiger partial charge on any atom is 0.0629 e. The molecule has 1 atom stereocenters. The van der Waals surface area contributed by atoms with Crippen molar-refractivity contribution >= 4 is 0 Å². The van der Waals surface area contributed by atoms with Crippen LogP contribution in [0.5, 0.6) is 0 Å². The predicted octanol–water partition coefficient (Wildman–Crippen LogP) is 35.9. The number of hydrogen-bond donors (Lipinski definition) is 0. The monoisotopic (exact) mass is 1610 g/mol. The quantitative estimate of drug-likeness (QED) is 0.121. The van der Waals surface area contributed by atoms with Gasteiger partial charge in [0.25, 0.3) is 0 Å². The van der Waals surface area contributed by atoms with Gasteiger partial charge in [-0.05, 0) is 213 Å². The Hall–Kier alpha value is -8.58. The summed E-state index contributed by atoms with van der Waals surface area (Å²) in [6.45, 7) is 74.0. The first kappa shape index (κ1) is 80.2. The van der Waals surface area contributed by atoms with E-state index in [-0.39, 0.29) is 103 Å². The zero-order valence-corrected chi connectivity index (χ0v) is 80.6. The molecule has 11 aromatic carbocycles. The fraction of sp³-hybridized carbons (Fsp3) is 0.445. The molecule has 0 amide bonds. The zero-order valence-electron chi connectivity index (χ0n) is 94.6. The summed E-state index contributed by atoms with van der Waals surface area (Å²) in [6.07, 6.45) is -2.96. The third kappa shape index (κ3) is 30.8. The van der Waals surface area contributed by atoms with Crippen molar-refractivity contribution in [3.8, 4) is 44.5 Å². The first-order valence-electron chi connectivity index (χ1n) is 50.7. The highest BCUT2D eigenvalue weighted by molar-refractivity contribution is 5.80. The normalized spacial score (nSPS) is 14.8. The van der Waals surface area contributed by atoms with Crippen LogP contribution in [0.2, 0.25) is 0 Å². The predicted molar refractivity (Wildman–Crippen MR) is 534 cm³/mol. The van der Waals surface area contributed by atoms with Gasteiger partial charge in [0.15, 0.2) is 0 Å². The van der Waals surface area contributed by atoms with Gasteiger partial charge in [0.2, 0.25) is 0 Å². The Kier molecular flexibility index (Phi) is 29.1. The SMILES string of the molecule is CC(C)(C)c1c(-c2ccccc2)cccc1-c1ccccc1.CC(C)(C)c1ccccc1-c1ccccc1.[2H]C(C)(C)c1cccc(C(C)(C)C)c1C(C)(C)C.[2H]C(C)(C)c1ccccc1C(C)(C)C.[2H]C([2H])(c1cccc(C([2H])([2H])C(C)C)c1C(C)(C)C)C(C)C.[2H]CC([2H])(C)c1cccc(C(C)(C)C[2H])c1C(C)(C)C.[2H]c1c([2H])c([2H])c(-c2ccccc2C(C)(C)C)c([2H])c1[2H]. The molecule has 0 aromatic heterocycles. The lowest BCUT2D eigenvalue weighted by Crippen LogP contribution is -2.24. The Balaban J connectivity index is 0.000000276. The van der Waals surface area contributed by atoms with Crippen molar-refractivity contribution in [1.82, 2.24) is 0 Å². The number of rotatable bonds is 11. The fourth-order valence-electron chi connectivity index (χ4n) is 15.3. The molecule has 0 aliphatic carbocycles. The summed E-state index contributed by atoms with van der Waals surface area (Å²) in [5, 5.41) is 0. The molecule has 0 radical (unpaired) electrons. The van der Waals surface area contributed by atoms with E-state index in [9.17, 15) is 0 Å². The van der Waals surface area contributed by atoms with Crippen molar-refractivity contribution in [3.05, 3.63) is 345 Å². The lowest BCUT2D eigenvalue weighted by molar-refractivity contribution is 0.521. The van der Waals surface area contributed by atoms with Gasteiger partial charge in [-0.15, -0.1) is 0 Å². The molecule has 0 nitrogen and oxygen atoms in total.